The second kappa shape index (κ2) is 6.36. The molecule has 0 amide bonds. The zero-order chi connectivity index (χ0) is 15.4. The van der Waals surface area contributed by atoms with Crippen LogP contribution in [0.5, 0.6) is 0 Å². The van der Waals surface area contributed by atoms with E-state index in [1.54, 1.807) is 0 Å². The minimum absolute atomic E-state index is 0.0342. The number of nitrogens with one attached hydrogen (secondary N) is 1. The van der Waals surface area contributed by atoms with Crippen molar-refractivity contribution in [1.29, 1.82) is 0 Å². The number of nitro groups is 1. The van der Waals surface area contributed by atoms with Gasteiger partial charge in [0.15, 0.2) is 11.6 Å². The Morgan fingerprint density at radius 1 is 1.05 bits per heavy atom. The average molecular weight is 296 g/mol. The largest absolute Gasteiger partial charge is 0.309 e. The summed E-state index contributed by atoms with van der Waals surface area (Å²) in [5.41, 5.74) is 0.0219. The van der Waals surface area contributed by atoms with Gasteiger partial charge in [0.25, 0.3) is 0 Å². The maximum Gasteiger partial charge on any atom is 0.305 e. The van der Waals surface area contributed by atoms with Crippen LogP contribution in [0.2, 0.25) is 0 Å². The first-order chi connectivity index (χ1) is 9.99. The second-order valence-electron chi connectivity index (χ2n) is 4.36. The van der Waals surface area contributed by atoms with E-state index in [-0.39, 0.29) is 18.7 Å². The standard InChI is InChI=1S/C14H11F3N2O2/c15-11-5-4-9(6-12(11)16)7-18-8-10-2-1-3-13(14(10)17)19(20)21/h1-6,18H,7-8H2. The molecule has 1 N–H and O–H groups in total. The Hall–Kier alpha value is -2.41. The fourth-order valence-electron chi connectivity index (χ4n) is 1.83. The van der Waals surface area contributed by atoms with E-state index in [9.17, 15) is 23.3 Å². The van der Waals surface area contributed by atoms with Crippen LogP contribution in [0, 0.1) is 27.6 Å². The highest BCUT2D eigenvalue weighted by Crippen LogP contribution is 2.20. The minimum Gasteiger partial charge on any atom is -0.309 e. The van der Waals surface area contributed by atoms with Crippen LogP contribution in [0.4, 0.5) is 18.9 Å². The summed E-state index contributed by atoms with van der Waals surface area (Å²) in [7, 11) is 0. The van der Waals surface area contributed by atoms with Gasteiger partial charge in [0.2, 0.25) is 5.82 Å². The second-order valence-corrected chi connectivity index (χ2v) is 4.36. The first-order valence-electron chi connectivity index (χ1n) is 6.05. The van der Waals surface area contributed by atoms with Gasteiger partial charge >= 0.3 is 5.69 Å². The number of nitrogens with zero attached hydrogens (tertiary/aromatic N) is 1. The van der Waals surface area contributed by atoms with E-state index in [0.717, 1.165) is 18.2 Å². The lowest BCUT2D eigenvalue weighted by Gasteiger charge is -2.07. The summed E-state index contributed by atoms with van der Waals surface area (Å²) in [5, 5.41) is 13.4. The molecule has 2 aromatic rings. The van der Waals surface area contributed by atoms with Crippen molar-refractivity contribution in [2.45, 2.75) is 13.1 Å². The summed E-state index contributed by atoms with van der Waals surface area (Å²) in [6.45, 7) is 0.214. The Labute approximate surface area is 118 Å². The van der Waals surface area contributed by atoms with Crippen molar-refractivity contribution in [3.05, 3.63) is 75.1 Å². The molecule has 0 spiro atoms. The smallest absolute Gasteiger partial charge is 0.305 e. The lowest BCUT2D eigenvalue weighted by molar-refractivity contribution is -0.387. The monoisotopic (exact) mass is 296 g/mol. The van der Waals surface area contributed by atoms with Gasteiger partial charge in [-0.05, 0) is 17.7 Å². The summed E-state index contributed by atoms with van der Waals surface area (Å²) in [6.07, 6.45) is 0. The van der Waals surface area contributed by atoms with Crippen LogP contribution in [0.1, 0.15) is 11.1 Å². The molecule has 0 atom stereocenters. The van der Waals surface area contributed by atoms with E-state index in [1.165, 1.54) is 18.2 Å². The zero-order valence-corrected chi connectivity index (χ0v) is 10.8. The predicted molar refractivity (Wildman–Crippen MR) is 70.0 cm³/mol. The molecule has 0 unspecified atom stereocenters. The highest BCUT2D eigenvalue weighted by Gasteiger charge is 2.16. The van der Waals surface area contributed by atoms with Gasteiger partial charge in [-0.25, -0.2) is 8.78 Å². The SMILES string of the molecule is O=[N+]([O-])c1cccc(CNCc2ccc(F)c(F)c2)c1F. The fraction of sp³-hybridized carbons (Fsp3) is 0.143. The van der Waals surface area contributed by atoms with E-state index in [2.05, 4.69) is 5.32 Å². The summed E-state index contributed by atoms with van der Waals surface area (Å²) in [5.74, 6) is -2.81. The number of benzene rings is 2. The quantitative estimate of drug-likeness (QED) is 0.680. The van der Waals surface area contributed by atoms with Crippen LogP contribution in [-0.2, 0) is 13.1 Å². The van der Waals surface area contributed by atoms with E-state index in [0.29, 0.717) is 5.56 Å². The number of hydrogen-bond donors (Lipinski definition) is 1. The molecule has 0 saturated heterocycles. The number of rotatable bonds is 5. The molecule has 0 aliphatic carbocycles. The molecular weight excluding hydrogens is 285 g/mol. The Bertz CT molecular complexity index is 677. The van der Waals surface area contributed by atoms with Gasteiger partial charge in [0.05, 0.1) is 4.92 Å². The van der Waals surface area contributed by atoms with Crippen LogP contribution in [0.25, 0.3) is 0 Å². The van der Waals surface area contributed by atoms with Crippen LogP contribution in [0.15, 0.2) is 36.4 Å². The number of nitro benzene ring substituents is 1. The Morgan fingerprint density at radius 3 is 2.48 bits per heavy atom. The third-order valence-corrected chi connectivity index (χ3v) is 2.88. The normalized spacial score (nSPS) is 10.6. The maximum atomic E-state index is 13.8. The summed E-state index contributed by atoms with van der Waals surface area (Å²) < 4.78 is 39.5. The minimum atomic E-state index is -0.962. The molecule has 2 rings (SSSR count). The Balaban J connectivity index is 2.02. The molecule has 0 fully saturated rings. The topological polar surface area (TPSA) is 55.2 Å². The third-order valence-electron chi connectivity index (χ3n) is 2.88. The molecule has 0 heterocycles. The van der Waals surface area contributed by atoms with Crippen LogP contribution in [0.3, 0.4) is 0 Å². The van der Waals surface area contributed by atoms with Crippen molar-refractivity contribution in [3.8, 4) is 0 Å². The van der Waals surface area contributed by atoms with E-state index in [4.69, 9.17) is 0 Å². The highest BCUT2D eigenvalue weighted by atomic mass is 19.2. The third kappa shape index (κ3) is 3.57. The van der Waals surface area contributed by atoms with Gasteiger partial charge in [-0.3, -0.25) is 10.1 Å². The molecule has 7 heteroatoms. The highest BCUT2D eigenvalue weighted by molar-refractivity contribution is 5.36. The average Bonchev–Trinajstić information content (AvgIpc) is 2.44. The Kier molecular flexibility index (Phi) is 4.54. The van der Waals surface area contributed by atoms with Crippen molar-refractivity contribution in [2.75, 3.05) is 0 Å². The molecule has 0 bridgehead atoms. The van der Waals surface area contributed by atoms with Gasteiger partial charge in [-0.2, -0.15) is 4.39 Å². The summed E-state index contributed by atoms with van der Waals surface area (Å²) >= 11 is 0. The molecule has 0 aromatic heterocycles. The number of hydrogen-bond acceptors (Lipinski definition) is 3. The van der Waals surface area contributed by atoms with Crippen molar-refractivity contribution in [3.63, 3.8) is 0 Å². The molecule has 0 saturated carbocycles. The Morgan fingerprint density at radius 2 is 1.81 bits per heavy atom. The molecule has 2 aromatic carbocycles. The van der Waals surface area contributed by atoms with Crippen molar-refractivity contribution in [1.82, 2.24) is 5.32 Å². The molecule has 0 radical (unpaired) electrons. The molecule has 0 aliphatic rings. The lowest BCUT2D eigenvalue weighted by atomic mass is 10.1. The first-order valence-corrected chi connectivity index (χ1v) is 6.05. The van der Waals surface area contributed by atoms with Crippen LogP contribution >= 0.6 is 0 Å². The first kappa shape index (κ1) is 15.0. The van der Waals surface area contributed by atoms with Crippen molar-refractivity contribution in [2.24, 2.45) is 0 Å². The fourth-order valence-corrected chi connectivity index (χ4v) is 1.83. The van der Waals surface area contributed by atoms with Gasteiger partial charge in [0.1, 0.15) is 0 Å². The molecule has 110 valence electrons. The molecule has 0 aliphatic heterocycles. The van der Waals surface area contributed by atoms with Crippen LogP contribution < -0.4 is 5.32 Å². The predicted octanol–water partition coefficient (Wildman–Crippen LogP) is 3.30. The van der Waals surface area contributed by atoms with Gasteiger partial charge in [-0.15, -0.1) is 0 Å². The molecule has 21 heavy (non-hydrogen) atoms. The van der Waals surface area contributed by atoms with Gasteiger partial charge < -0.3 is 5.32 Å². The molecule has 4 nitrogen and oxygen atoms in total. The molecular formula is C14H11F3N2O2. The summed E-state index contributed by atoms with van der Waals surface area (Å²) in [4.78, 5) is 9.81. The van der Waals surface area contributed by atoms with Crippen molar-refractivity contribution < 1.29 is 18.1 Å². The summed E-state index contributed by atoms with van der Waals surface area (Å²) in [6, 6.07) is 7.31. The van der Waals surface area contributed by atoms with Crippen molar-refractivity contribution >= 4 is 5.69 Å². The lowest BCUT2D eigenvalue weighted by Crippen LogP contribution is -2.14. The van der Waals surface area contributed by atoms with E-state index < -0.39 is 28.1 Å². The zero-order valence-electron chi connectivity index (χ0n) is 10.8. The van der Waals surface area contributed by atoms with E-state index >= 15 is 0 Å². The van der Waals surface area contributed by atoms with Gasteiger partial charge in [0, 0.05) is 24.7 Å². The van der Waals surface area contributed by atoms with Gasteiger partial charge in [-0.1, -0.05) is 18.2 Å². The van der Waals surface area contributed by atoms with E-state index in [1.807, 2.05) is 0 Å². The van der Waals surface area contributed by atoms with Crippen LogP contribution in [-0.4, -0.2) is 4.92 Å². The number of halogens is 3. The maximum absolute atomic E-state index is 13.8.